The Morgan fingerprint density at radius 2 is 2.00 bits per heavy atom. The molecular formula is C17H15ClFNO. The summed E-state index contributed by atoms with van der Waals surface area (Å²) in [6, 6.07) is 12.3. The molecule has 1 heterocycles. The lowest BCUT2D eigenvalue weighted by molar-refractivity contribution is 0.476. The molecule has 4 heteroatoms. The van der Waals surface area contributed by atoms with Gasteiger partial charge in [0.15, 0.2) is 5.58 Å². The number of para-hydroxylation sites is 1. The largest absolute Gasteiger partial charge is 0.457 e. The molecule has 1 unspecified atom stereocenters. The fourth-order valence-corrected chi connectivity index (χ4v) is 2.73. The molecule has 21 heavy (non-hydrogen) atoms. The molecule has 1 aromatic heterocycles. The molecule has 0 fully saturated rings. The summed E-state index contributed by atoms with van der Waals surface area (Å²) in [5.74, 6) is 0.393. The van der Waals surface area contributed by atoms with E-state index in [1.54, 1.807) is 19.2 Å². The van der Waals surface area contributed by atoms with Crippen LogP contribution in [0.1, 0.15) is 22.9 Å². The highest BCUT2D eigenvalue weighted by Gasteiger charge is 2.20. The summed E-state index contributed by atoms with van der Waals surface area (Å²) in [6.07, 6.45) is 0. The molecule has 0 radical (unpaired) electrons. The van der Waals surface area contributed by atoms with Gasteiger partial charge in [-0.2, -0.15) is 0 Å². The third kappa shape index (κ3) is 2.55. The summed E-state index contributed by atoms with van der Waals surface area (Å²) >= 11 is 6.13. The third-order valence-corrected chi connectivity index (χ3v) is 3.85. The van der Waals surface area contributed by atoms with E-state index in [0.717, 1.165) is 10.9 Å². The van der Waals surface area contributed by atoms with Gasteiger partial charge in [-0.1, -0.05) is 35.9 Å². The van der Waals surface area contributed by atoms with Crippen molar-refractivity contribution in [3.05, 3.63) is 70.2 Å². The van der Waals surface area contributed by atoms with E-state index in [1.807, 2.05) is 31.2 Å². The molecule has 0 amide bonds. The Bertz CT molecular complexity index is 797. The Labute approximate surface area is 127 Å². The summed E-state index contributed by atoms with van der Waals surface area (Å²) in [6.45, 7) is 1.86. The Kier molecular flexibility index (Phi) is 3.70. The van der Waals surface area contributed by atoms with Gasteiger partial charge in [-0.25, -0.2) is 4.39 Å². The van der Waals surface area contributed by atoms with Crippen LogP contribution in [0.15, 0.2) is 46.9 Å². The van der Waals surface area contributed by atoms with Crippen LogP contribution in [0.5, 0.6) is 0 Å². The van der Waals surface area contributed by atoms with Gasteiger partial charge >= 0.3 is 0 Å². The summed E-state index contributed by atoms with van der Waals surface area (Å²) in [5, 5.41) is 4.56. The highest BCUT2D eigenvalue weighted by atomic mass is 35.5. The van der Waals surface area contributed by atoms with Crippen LogP contribution >= 0.6 is 11.6 Å². The lowest BCUT2D eigenvalue weighted by atomic mass is 10.0. The summed E-state index contributed by atoms with van der Waals surface area (Å²) < 4.78 is 20.0. The smallest absolute Gasteiger partial charge is 0.152 e. The molecule has 2 nitrogen and oxygen atoms in total. The normalized spacial score (nSPS) is 12.8. The van der Waals surface area contributed by atoms with Crippen molar-refractivity contribution in [2.24, 2.45) is 0 Å². The van der Waals surface area contributed by atoms with Crippen LogP contribution in [-0.4, -0.2) is 7.05 Å². The fraction of sp³-hybridized carbons (Fsp3) is 0.176. The van der Waals surface area contributed by atoms with E-state index in [1.165, 1.54) is 6.07 Å². The minimum absolute atomic E-state index is 0.249. The molecule has 0 saturated carbocycles. The summed E-state index contributed by atoms with van der Waals surface area (Å²) in [5.41, 5.74) is 2.07. The molecule has 0 aliphatic carbocycles. The number of rotatable bonds is 3. The Hall–Kier alpha value is -1.84. The molecule has 0 aliphatic rings. The molecule has 3 aromatic rings. The van der Waals surface area contributed by atoms with E-state index in [-0.39, 0.29) is 11.9 Å². The number of aryl methyl sites for hydroxylation is 1. The molecule has 0 bridgehead atoms. The predicted molar refractivity (Wildman–Crippen MR) is 83.3 cm³/mol. The summed E-state index contributed by atoms with van der Waals surface area (Å²) in [4.78, 5) is 0. The van der Waals surface area contributed by atoms with Crippen molar-refractivity contribution >= 4 is 22.6 Å². The molecule has 2 aromatic carbocycles. The van der Waals surface area contributed by atoms with E-state index in [9.17, 15) is 4.39 Å². The van der Waals surface area contributed by atoms with E-state index in [4.69, 9.17) is 16.0 Å². The van der Waals surface area contributed by atoms with Gasteiger partial charge in [0, 0.05) is 10.9 Å². The van der Waals surface area contributed by atoms with Crippen LogP contribution < -0.4 is 5.32 Å². The number of fused-ring (bicyclic) bond motifs is 1. The molecule has 0 aliphatic heterocycles. The molecular weight excluding hydrogens is 289 g/mol. The first-order valence-corrected chi connectivity index (χ1v) is 7.09. The quantitative estimate of drug-likeness (QED) is 0.749. The van der Waals surface area contributed by atoms with Crippen molar-refractivity contribution in [3.63, 3.8) is 0 Å². The monoisotopic (exact) mass is 303 g/mol. The minimum Gasteiger partial charge on any atom is -0.457 e. The van der Waals surface area contributed by atoms with Crippen molar-refractivity contribution in [1.29, 1.82) is 0 Å². The highest BCUT2D eigenvalue weighted by Crippen LogP contribution is 2.32. The van der Waals surface area contributed by atoms with Crippen molar-refractivity contribution in [2.45, 2.75) is 13.0 Å². The van der Waals surface area contributed by atoms with E-state index >= 15 is 0 Å². The molecule has 3 rings (SSSR count). The van der Waals surface area contributed by atoms with Crippen LogP contribution in [0.25, 0.3) is 11.0 Å². The third-order valence-electron chi connectivity index (χ3n) is 3.56. The first-order valence-electron chi connectivity index (χ1n) is 6.71. The number of nitrogens with one attached hydrogen (secondary N) is 1. The molecule has 108 valence electrons. The fourth-order valence-electron chi connectivity index (χ4n) is 2.51. The standard InChI is InChI=1S/C17H15ClFNO/c1-10-6-7-12(14(19)8-10)16(20-2)15-9-11-4-3-5-13(18)17(11)21-15/h3-9,16,20H,1-2H3. The van der Waals surface area contributed by atoms with Gasteiger partial charge in [-0.05, 0) is 37.7 Å². The van der Waals surface area contributed by atoms with Crippen molar-refractivity contribution in [3.8, 4) is 0 Å². The maximum atomic E-state index is 14.2. The van der Waals surface area contributed by atoms with Crippen LogP contribution in [0.2, 0.25) is 5.02 Å². The number of hydrogen-bond acceptors (Lipinski definition) is 2. The maximum absolute atomic E-state index is 14.2. The zero-order valence-electron chi connectivity index (χ0n) is 11.8. The molecule has 0 spiro atoms. The van der Waals surface area contributed by atoms with Crippen LogP contribution in [0.4, 0.5) is 4.39 Å². The van der Waals surface area contributed by atoms with E-state index in [2.05, 4.69) is 5.32 Å². The van der Waals surface area contributed by atoms with E-state index < -0.39 is 0 Å². The summed E-state index contributed by atoms with van der Waals surface area (Å²) in [7, 11) is 1.78. The van der Waals surface area contributed by atoms with Gasteiger partial charge < -0.3 is 9.73 Å². The van der Waals surface area contributed by atoms with Crippen molar-refractivity contribution < 1.29 is 8.81 Å². The number of furan rings is 1. The van der Waals surface area contributed by atoms with Gasteiger partial charge in [-0.3, -0.25) is 0 Å². The Balaban J connectivity index is 2.11. The van der Waals surface area contributed by atoms with Gasteiger partial charge in [0.05, 0.1) is 11.1 Å². The topological polar surface area (TPSA) is 25.2 Å². The van der Waals surface area contributed by atoms with Crippen LogP contribution in [0.3, 0.4) is 0 Å². The minimum atomic E-state index is -0.353. The lowest BCUT2D eigenvalue weighted by Gasteiger charge is -2.15. The molecule has 0 saturated heterocycles. The SMILES string of the molecule is CNC(c1cc2cccc(Cl)c2o1)c1ccc(C)cc1F. The Morgan fingerprint density at radius 3 is 2.67 bits per heavy atom. The average molecular weight is 304 g/mol. The van der Waals surface area contributed by atoms with Gasteiger partial charge in [0.2, 0.25) is 0 Å². The first kappa shape index (κ1) is 14.1. The highest BCUT2D eigenvalue weighted by molar-refractivity contribution is 6.34. The maximum Gasteiger partial charge on any atom is 0.152 e. The number of benzene rings is 2. The average Bonchev–Trinajstić information content (AvgIpc) is 2.87. The zero-order valence-corrected chi connectivity index (χ0v) is 12.5. The zero-order chi connectivity index (χ0) is 15.0. The van der Waals surface area contributed by atoms with Crippen LogP contribution in [-0.2, 0) is 0 Å². The van der Waals surface area contributed by atoms with Crippen molar-refractivity contribution in [2.75, 3.05) is 7.05 Å². The second-order valence-electron chi connectivity index (χ2n) is 5.05. The molecule has 1 atom stereocenters. The second kappa shape index (κ2) is 5.51. The van der Waals surface area contributed by atoms with Gasteiger partial charge in [-0.15, -0.1) is 0 Å². The van der Waals surface area contributed by atoms with Crippen molar-refractivity contribution in [1.82, 2.24) is 5.32 Å². The molecule has 1 N–H and O–H groups in total. The predicted octanol–water partition coefficient (Wildman–Crippen LogP) is 4.84. The van der Waals surface area contributed by atoms with E-state index in [0.29, 0.717) is 21.9 Å². The van der Waals surface area contributed by atoms with Gasteiger partial charge in [0.1, 0.15) is 11.6 Å². The Morgan fingerprint density at radius 1 is 1.19 bits per heavy atom. The number of hydrogen-bond donors (Lipinski definition) is 1. The van der Waals surface area contributed by atoms with Gasteiger partial charge in [0.25, 0.3) is 0 Å². The number of halogens is 2. The first-order chi connectivity index (χ1) is 10.1. The second-order valence-corrected chi connectivity index (χ2v) is 5.46. The van der Waals surface area contributed by atoms with Crippen LogP contribution in [0, 0.1) is 12.7 Å². The lowest BCUT2D eigenvalue weighted by Crippen LogP contribution is -2.18.